The number of fused-ring (bicyclic) bond motifs is 1. The van der Waals surface area contributed by atoms with Crippen molar-refractivity contribution in [1.29, 1.82) is 0 Å². The van der Waals surface area contributed by atoms with Crippen molar-refractivity contribution in [2.24, 2.45) is 0 Å². The molecule has 0 fully saturated rings. The molecule has 4 aromatic rings. The molecule has 1 aliphatic heterocycles. The van der Waals surface area contributed by atoms with Gasteiger partial charge in [0.25, 0.3) is 0 Å². The molecule has 0 radical (unpaired) electrons. The van der Waals surface area contributed by atoms with Gasteiger partial charge in [-0.3, -0.25) is 0 Å². The summed E-state index contributed by atoms with van der Waals surface area (Å²) in [4.78, 5) is 0. The van der Waals surface area contributed by atoms with Crippen LogP contribution in [0, 0.1) is 0 Å². The molecule has 2 atom stereocenters. The first-order chi connectivity index (χ1) is 20.5. The number of hydrogen-bond acceptors (Lipinski definition) is 5. The quantitative estimate of drug-likeness (QED) is 0.131. The van der Waals surface area contributed by atoms with E-state index in [0.29, 0.717) is 11.1 Å². The molecule has 0 unspecified atom stereocenters. The molecular weight excluding hydrogens is 536 g/mol. The fourth-order valence-corrected chi connectivity index (χ4v) is 5.40. The summed E-state index contributed by atoms with van der Waals surface area (Å²) in [5.41, 5.74) is 6.29. The largest absolute Gasteiger partial charge is 0.508 e. The molecule has 0 amide bonds. The monoisotopic (exact) mass is 572 g/mol. The van der Waals surface area contributed by atoms with Crippen LogP contribution < -0.4 is 4.74 Å². The molecule has 5 rings (SSSR count). The number of phenolic OH excluding ortho intramolecular Hbond substituents is 4. The SMILES string of the molecule is CC(C)=C[C@H]1C[C@](C)(/C=C/c2cccc(/C=C/c3cc(O)cc(O)c3)c2)Oc2ccc(/C=C/c3cc(O)cc(O)c3)cc21. The standard InChI is InChI=1S/C38H36O5/c1-25(2)15-31-24-38(3,14-13-27-6-4-5-26(16-27)7-9-29-17-32(39)22-33(40)18-29)43-37-12-11-28(21-36(31)37)8-10-30-19-34(41)23-35(42)20-30/h4-23,31,39-42H,24H2,1-3H3/b9-7+,10-8+,14-13+/t31-,38-/m0/s1. The van der Waals surface area contributed by atoms with Crippen molar-refractivity contribution in [2.45, 2.75) is 38.7 Å². The van der Waals surface area contributed by atoms with Gasteiger partial charge in [0.05, 0.1) is 0 Å². The molecule has 1 heterocycles. The zero-order chi connectivity index (χ0) is 30.6. The summed E-state index contributed by atoms with van der Waals surface area (Å²) < 4.78 is 6.59. The lowest BCUT2D eigenvalue weighted by Gasteiger charge is -2.37. The number of allylic oxidation sites excluding steroid dienone is 2. The number of benzene rings is 4. The Morgan fingerprint density at radius 2 is 1.16 bits per heavy atom. The van der Waals surface area contributed by atoms with Crippen molar-refractivity contribution < 1.29 is 25.2 Å². The maximum atomic E-state index is 9.79. The van der Waals surface area contributed by atoms with Gasteiger partial charge in [-0.05, 0) is 97.1 Å². The first kappa shape index (κ1) is 29.3. The van der Waals surface area contributed by atoms with Gasteiger partial charge < -0.3 is 25.2 Å². The average molecular weight is 573 g/mol. The van der Waals surface area contributed by atoms with Gasteiger partial charge in [-0.1, -0.05) is 66.3 Å². The molecule has 1 aliphatic rings. The van der Waals surface area contributed by atoms with E-state index in [4.69, 9.17) is 4.74 Å². The lowest BCUT2D eigenvalue weighted by atomic mass is 9.81. The highest BCUT2D eigenvalue weighted by molar-refractivity contribution is 5.73. The van der Waals surface area contributed by atoms with Gasteiger partial charge in [-0.15, -0.1) is 0 Å². The van der Waals surface area contributed by atoms with E-state index in [9.17, 15) is 20.4 Å². The van der Waals surface area contributed by atoms with Gasteiger partial charge in [-0.25, -0.2) is 0 Å². The minimum Gasteiger partial charge on any atom is -0.508 e. The van der Waals surface area contributed by atoms with E-state index < -0.39 is 5.60 Å². The molecule has 0 aromatic heterocycles. The van der Waals surface area contributed by atoms with Crippen LogP contribution in [0.1, 0.15) is 66.5 Å². The Morgan fingerprint density at radius 1 is 0.651 bits per heavy atom. The van der Waals surface area contributed by atoms with Crippen LogP contribution in [0.4, 0.5) is 0 Å². The third-order valence-electron chi connectivity index (χ3n) is 7.26. The summed E-state index contributed by atoms with van der Waals surface area (Å²) in [7, 11) is 0. The Balaban J connectivity index is 1.37. The Kier molecular flexibility index (Phi) is 8.44. The molecule has 5 heteroatoms. The van der Waals surface area contributed by atoms with E-state index in [1.807, 2.05) is 54.6 Å². The van der Waals surface area contributed by atoms with Crippen LogP contribution in [0.25, 0.3) is 30.4 Å². The van der Waals surface area contributed by atoms with Gasteiger partial charge >= 0.3 is 0 Å². The van der Waals surface area contributed by atoms with Crippen LogP contribution in [-0.4, -0.2) is 26.0 Å². The molecular formula is C38H36O5. The minimum atomic E-state index is -0.523. The number of ether oxygens (including phenoxy) is 1. The topological polar surface area (TPSA) is 90.2 Å². The highest BCUT2D eigenvalue weighted by Gasteiger charge is 2.34. The van der Waals surface area contributed by atoms with Crippen LogP contribution >= 0.6 is 0 Å². The van der Waals surface area contributed by atoms with Gasteiger partial charge in [0, 0.05) is 30.0 Å². The van der Waals surface area contributed by atoms with E-state index in [-0.39, 0.29) is 28.9 Å². The van der Waals surface area contributed by atoms with E-state index in [0.717, 1.165) is 34.4 Å². The highest BCUT2D eigenvalue weighted by atomic mass is 16.5. The molecule has 4 N–H and O–H groups in total. The van der Waals surface area contributed by atoms with Crippen LogP contribution in [0.5, 0.6) is 28.7 Å². The van der Waals surface area contributed by atoms with E-state index >= 15 is 0 Å². The maximum absolute atomic E-state index is 9.79. The predicted molar refractivity (Wildman–Crippen MR) is 175 cm³/mol. The highest BCUT2D eigenvalue weighted by Crippen LogP contribution is 2.43. The second-order valence-corrected chi connectivity index (χ2v) is 11.5. The van der Waals surface area contributed by atoms with Crippen LogP contribution in [0.15, 0.2) is 96.6 Å². The van der Waals surface area contributed by atoms with Gasteiger partial charge in [0.15, 0.2) is 0 Å². The Labute approximate surface area is 252 Å². The van der Waals surface area contributed by atoms with Crippen molar-refractivity contribution in [3.05, 3.63) is 130 Å². The smallest absolute Gasteiger partial charge is 0.126 e. The molecule has 0 aliphatic carbocycles. The Hall–Kier alpha value is -5.16. The first-order valence-corrected chi connectivity index (χ1v) is 14.2. The third kappa shape index (κ3) is 7.77. The molecule has 218 valence electrons. The normalized spacial score (nSPS) is 18.2. The lowest BCUT2D eigenvalue weighted by molar-refractivity contribution is 0.108. The van der Waals surface area contributed by atoms with E-state index in [2.05, 4.69) is 51.1 Å². The predicted octanol–water partition coefficient (Wildman–Crippen LogP) is 9.15. The Morgan fingerprint density at radius 3 is 1.72 bits per heavy atom. The third-order valence-corrected chi connectivity index (χ3v) is 7.26. The molecule has 0 spiro atoms. The summed E-state index contributed by atoms with van der Waals surface area (Å²) in [5.74, 6) is 1.09. The van der Waals surface area contributed by atoms with Crippen molar-refractivity contribution in [1.82, 2.24) is 0 Å². The van der Waals surface area contributed by atoms with Crippen molar-refractivity contribution >= 4 is 30.4 Å². The minimum absolute atomic E-state index is 0.0205. The van der Waals surface area contributed by atoms with E-state index in [1.165, 1.54) is 17.7 Å². The van der Waals surface area contributed by atoms with Gasteiger partial charge in [-0.2, -0.15) is 0 Å². The Bertz CT molecular complexity index is 1720. The number of aromatic hydroxyl groups is 4. The number of rotatable bonds is 7. The summed E-state index contributed by atoms with van der Waals surface area (Å²) in [5, 5.41) is 39.1. The summed E-state index contributed by atoms with van der Waals surface area (Å²) >= 11 is 0. The zero-order valence-electron chi connectivity index (χ0n) is 24.5. The molecule has 0 bridgehead atoms. The molecule has 4 aromatic carbocycles. The zero-order valence-corrected chi connectivity index (χ0v) is 24.5. The first-order valence-electron chi connectivity index (χ1n) is 14.2. The van der Waals surface area contributed by atoms with Gasteiger partial charge in [0.1, 0.15) is 34.3 Å². The number of hydrogen-bond donors (Lipinski definition) is 4. The second kappa shape index (κ2) is 12.4. The molecule has 0 saturated heterocycles. The van der Waals surface area contributed by atoms with Crippen LogP contribution in [0.3, 0.4) is 0 Å². The van der Waals surface area contributed by atoms with Crippen molar-refractivity contribution in [2.75, 3.05) is 0 Å². The van der Waals surface area contributed by atoms with Crippen LogP contribution in [-0.2, 0) is 0 Å². The van der Waals surface area contributed by atoms with Crippen molar-refractivity contribution in [3.63, 3.8) is 0 Å². The molecule has 5 nitrogen and oxygen atoms in total. The van der Waals surface area contributed by atoms with Gasteiger partial charge in [0.2, 0.25) is 0 Å². The van der Waals surface area contributed by atoms with Crippen LogP contribution in [0.2, 0.25) is 0 Å². The average Bonchev–Trinajstić information content (AvgIpc) is 2.93. The second-order valence-electron chi connectivity index (χ2n) is 11.5. The molecule has 43 heavy (non-hydrogen) atoms. The molecule has 0 saturated carbocycles. The summed E-state index contributed by atoms with van der Waals surface area (Å²) in [6, 6.07) is 23.3. The fourth-order valence-electron chi connectivity index (χ4n) is 5.40. The summed E-state index contributed by atoms with van der Waals surface area (Å²) in [6.45, 7) is 6.33. The fraction of sp³-hybridized carbons (Fsp3) is 0.158. The number of phenols is 4. The maximum Gasteiger partial charge on any atom is 0.126 e. The van der Waals surface area contributed by atoms with Crippen molar-refractivity contribution in [3.8, 4) is 28.7 Å². The lowest BCUT2D eigenvalue weighted by Crippen LogP contribution is -2.35. The van der Waals surface area contributed by atoms with E-state index in [1.54, 1.807) is 24.3 Å². The summed E-state index contributed by atoms with van der Waals surface area (Å²) in [6.07, 6.45) is 14.9.